The topological polar surface area (TPSA) is 47.4 Å². The fourth-order valence-electron chi connectivity index (χ4n) is 2.10. The second-order valence-electron chi connectivity index (χ2n) is 7.42. The van der Waals surface area contributed by atoms with Gasteiger partial charge in [-0.25, -0.2) is 9.78 Å². The van der Waals surface area contributed by atoms with E-state index in [0.29, 0.717) is 5.92 Å². The van der Waals surface area contributed by atoms with Crippen LogP contribution in [-0.2, 0) is 16.8 Å². The van der Waals surface area contributed by atoms with E-state index in [0.717, 1.165) is 12.2 Å². The monoisotopic (exact) mass is 295 g/mol. The number of rotatable bonds is 4. The number of nitrogens with zero attached hydrogens (tertiary/aromatic N) is 3. The van der Waals surface area contributed by atoms with Gasteiger partial charge in [0.05, 0.1) is 23.8 Å². The van der Waals surface area contributed by atoms with Crippen LogP contribution >= 0.6 is 0 Å². The minimum absolute atomic E-state index is 0.329. The van der Waals surface area contributed by atoms with Crippen molar-refractivity contribution in [2.45, 2.75) is 66.2 Å². The number of carbonyl (C=O) groups excluding carboxylic acids is 1. The smallest absolute Gasteiger partial charge is 0.410 e. The van der Waals surface area contributed by atoms with Crippen LogP contribution in [0.25, 0.3) is 0 Å². The first kappa shape index (κ1) is 17.5. The van der Waals surface area contributed by atoms with E-state index in [9.17, 15) is 4.79 Å². The molecule has 0 fully saturated rings. The fraction of sp³-hybridized carbons (Fsp3) is 0.750. The molecule has 0 saturated carbocycles. The molecule has 1 rings (SSSR count). The molecule has 5 heteroatoms. The number of imidazole rings is 1. The van der Waals surface area contributed by atoms with E-state index in [1.807, 2.05) is 47.1 Å². The van der Waals surface area contributed by atoms with E-state index >= 15 is 0 Å². The molecule has 0 bridgehead atoms. The Hall–Kier alpha value is -1.52. The molecule has 5 nitrogen and oxygen atoms in total. The summed E-state index contributed by atoms with van der Waals surface area (Å²) in [7, 11) is 1.76. The summed E-state index contributed by atoms with van der Waals surface area (Å²) < 4.78 is 7.56. The van der Waals surface area contributed by atoms with Crippen molar-refractivity contribution in [1.82, 2.24) is 14.5 Å². The standard InChI is InChI=1S/C16H29N3O2/c1-12(2)10-19-11-17-9-13(19)16(6,7)18(8)14(20)21-15(3,4)5/h9,11-12H,10H2,1-8H3. The van der Waals surface area contributed by atoms with Crippen molar-refractivity contribution in [1.29, 1.82) is 0 Å². The predicted molar refractivity (Wildman–Crippen MR) is 84.1 cm³/mol. The highest BCUT2D eigenvalue weighted by molar-refractivity contribution is 5.69. The molecule has 0 aliphatic rings. The van der Waals surface area contributed by atoms with Crippen molar-refractivity contribution in [3.63, 3.8) is 0 Å². The van der Waals surface area contributed by atoms with E-state index < -0.39 is 11.1 Å². The van der Waals surface area contributed by atoms with Gasteiger partial charge in [-0.2, -0.15) is 0 Å². The molecule has 0 radical (unpaired) electrons. The van der Waals surface area contributed by atoms with Crippen molar-refractivity contribution in [3.8, 4) is 0 Å². The molecule has 1 heterocycles. The summed E-state index contributed by atoms with van der Waals surface area (Å²) in [6.07, 6.45) is 3.31. The molecule has 1 aromatic heterocycles. The first-order valence-electron chi connectivity index (χ1n) is 7.42. The molecule has 0 aliphatic carbocycles. The van der Waals surface area contributed by atoms with Gasteiger partial charge in [-0.1, -0.05) is 13.8 Å². The lowest BCUT2D eigenvalue weighted by Gasteiger charge is -2.37. The fourth-order valence-corrected chi connectivity index (χ4v) is 2.10. The Balaban J connectivity index is 2.99. The van der Waals surface area contributed by atoms with Crippen LogP contribution in [0.5, 0.6) is 0 Å². The second kappa shape index (κ2) is 6.08. The zero-order chi connectivity index (χ0) is 16.4. The van der Waals surface area contributed by atoms with Gasteiger partial charge in [-0.05, 0) is 40.5 Å². The lowest BCUT2D eigenvalue weighted by molar-refractivity contribution is 0.00908. The van der Waals surface area contributed by atoms with Crippen LogP contribution in [0.2, 0.25) is 0 Å². The van der Waals surface area contributed by atoms with Gasteiger partial charge < -0.3 is 14.2 Å². The zero-order valence-corrected chi connectivity index (χ0v) is 14.6. The SMILES string of the molecule is CC(C)Cn1cncc1C(C)(C)N(C)C(=O)OC(C)(C)C. The Morgan fingerprint density at radius 3 is 2.38 bits per heavy atom. The van der Waals surface area contributed by atoms with Gasteiger partial charge in [0, 0.05) is 13.6 Å². The Kier molecular flexibility index (Phi) is 5.07. The molecule has 0 aliphatic heterocycles. The number of aromatic nitrogens is 2. The van der Waals surface area contributed by atoms with E-state index in [2.05, 4.69) is 23.4 Å². The number of hydrogen-bond acceptors (Lipinski definition) is 3. The van der Waals surface area contributed by atoms with Gasteiger partial charge in [0.25, 0.3) is 0 Å². The van der Waals surface area contributed by atoms with Crippen molar-refractivity contribution in [2.24, 2.45) is 5.92 Å². The maximum atomic E-state index is 12.3. The molecule has 1 aromatic rings. The lowest BCUT2D eigenvalue weighted by atomic mass is 9.99. The normalized spacial score (nSPS) is 12.6. The van der Waals surface area contributed by atoms with E-state index in [-0.39, 0.29) is 6.09 Å². The van der Waals surface area contributed by atoms with Gasteiger partial charge in [-0.15, -0.1) is 0 Å². The summed E-state index contributed by atoms with van der Waals surface area (Å²) in [5.74, 6) is 0.514. The maximum Gasteiger partial charge on any atom is 0.410 e. The summed E-state index contributed by atoms with van der Waals surface area (Å²) in [5, 5.41) is 0. The summed E-state index contributed by atoms with van der Waals surface area (Å²) in [6, 6.07) is 0. The molecule has 0 aromatic carbocycles. The van der Waals surface area contributed by atoms with Crippen LogP contribution in [0.4, 0.5) is 4.79 Å². The molecule has 21 heavy (non-hydrogen) atoms. The second-order valence-corrected chi connectivity index (χ2v) is 7.42. The van der Waals surface area contributed by atoms with Crippen molar-refractivity contribution in [2.75, 3.05) is 7.05 Å². The van der Waals surface area contributed by atoms with Crippen molar-refractivity contribution < 1.29 is 9.53 Å². The summed E-state index contributed by atoms with van der Waals surface area (Å²) in [4.78, 5) is 18.2. The maximum absolute atomic E-state index is 12.3. The quantitative estimate of drug-likeness (QED) is 0.852. The first-order chi connectivity index (χ1) is 9.45. The van der Waals surface area contributed by atoms with Gasteiger partial charge >= 0.3 is 6.09 Å². The molecule has 0 N–H and O–H groups in total. The van der Waals surface area contributed by atoms with E-state index in [1.165, 1.54) is 0 Å². The largest absolute Gasteiger partial charge is 0.444 e. The van der Waals surface area contributed by atoms with Crippen LogP contribution in [-0.4, -0.2) is 33.2 Å². The Bertz CT molecular complexity index is 484. The average molecular weight is 295 g/mol. The minimum atomic E-state index is -0.500. The van der Waals surface area contributed by atoms with Crippen LogP contribution in [0.3, 0.4) is 0 Å². The van der Waals surface area contributed by atoms with Gasteiger partial charge in [0.15, 0.2) is 0 Å². The van der Waals surface area contributed by atoms with Gasteiger partial charge in [-0.3, -0.25) is 0 Å². The number of ether oxygens (including phenoxy) is 1. The zero-order valence-electron chi connectivity index (χ0n) is 14.6. The third-order valence-electron chi connectivity index (χ3n) is 3.41. The predicted octanol–water partition coefficient (Wildman–Crippen LogP) is 3.64. The lowest BCUT2D eigenvalue weighted by Crippen LogP contribution is -2.46. The molecule has 120 valence electrons. The first-order valence-corrected chi connectivity index (χ1v) is 7.42. The third-order valence-corrected chi connectivity index (χ3v) is 3.41. The van der Waals surface area contributed by atoms with E-state index in [1.54, 1.807) is 11.9 Å². The number of amides is 1. The van der Waals surface area contributed by atoms with Crippen LogP contribution in [0.15, 0.2) is 12.5 Å². The Morgan fingerprint density at radius 1 is 1.33 bits per heavy atom. The number of hydrogen-bond donors (Lipinski definition) is 0. The summed E-state index contributed by atoms with van der Waals surface area (Å²) in [6.45, 7) is 14.8. The highest BCUT2D eigenvalue weighted by Crippen LogP contribution is 2.28. The summed E-state index contributed by atoms with van der Waals surface area (Å²) in [5.41, 5.74) is 0.0115. The summed E-state index contributed by atoms with van der Waals surface area (Å²) >= 11 is 0. The molecule has 1 amide bonds. The van der Waals surface area contributed by atoms with Crippen LogP contribution in [0, 0.1) is 5.92 Å². The molecule has 0 saturated heterocycles. The van der Waals surface area contributed by atoms with E-state index in [4.69, 9.17) is 4.74 Å². The van der Waals surface area contributed by atoms with Gasteiger partial charge in [0.1, 0.15) is 5.60 Å². The molecule has 0 atom stereocenters. The highest BCUT2D eigenvalue weighted by Gasteiger charge is 2.35. The molecule has 0 unspecified atom stereocenters. The van der Waals surface area contributed by atoms with Crippen LogP contribution in [0.1, 0.15) is 54.2 Å². The van der Waals surface area contributed by atoms with Crippen molar-refractivity contribution in [3.05, 3.63) is 18.2 Å². The van der Waals surface area contributed by atoms with Crippen LogP contribution < -0.4 is 0 Å². The van der Waals surface area contributed by atoms with Gasteiger partial charge in [0.2, 0.25) is 0 Å². The highest BCUT2D eigenvalue weighted by atomic mass is 16.6. The molecule has 0 spiro atoms. The molecular formula is C16H29N3O2. The van der Waals surface area contributed by atoms with Crippen molar-refractivity contribution >= 4 is 6.09 Å². The minimum Gasteiger partial charge on any atom is -0.444 e. The average Bonchev–Trinajstić information content (AvgIpc) is 2.73. The third kappa shape index (κ3) is 4.48. The molecular weight excluding hydrogens is 266 g/mol. The Morgan fingerprint density at radius 2 is 1.90 bits per heavy atom. The number of carbonyl (C=O) groups is 1. The Labute approximate surface area is 128 Å².